The number of anilines is 1. The lowest BCUT2D eigenvalue weighted by Crippen LogP contribution is -2.30. The molecule has 0 radical (unpaired) electrons. The number of carbonyl (C=O) groups is 1. The van der Waals surface area contributed by atoms with Crippen LogP contribution >= 0.6 is 11.5 Å². The van der Waals surface area contributed by atoms with Crippen molar-refractivity contribution in [3.63, 3.8) is 0 Å². The fourth-order valence-corrected chi connectivity index (χ4v) is 7.35. The van der Waals surface area contributed by atoms with Gasteiger partial charge >= 0.3 is 0 Å². The Labute approximate surface area is 287 Å². The van der Waals surface area contributed by atoms with Gasteiger partial charge in [0.2, 0.25) is 5.13 Å². The Morgan fingerprint density at radius 2 is 1.61 bits per heavy atom. The fraction of sp³-hybridized carbons (Fsp3) is 0.0811. The molecule has 5 aromatic carbocycles. The van der Waals surface area contributed by atoms with E-state index in [1.807, 2.05) is 48.5 Å². The first-order valence-electron chi connectivity index (χ1n) is 14.8. The van der Waals surface area contributed by atoms with Gasteiger partial charge < -0.3 is 14.2 Å². The molecule has 1 heterocycles. The maximum absolute atomic E-state index is 14.2. The molecule has 49 heavy (non-hydrogen) atoms. The van der Waals surface area contributed by atoms with Crippen LogP contribution in [0.2, 0.25) is 0 Å². The summed E-state index contributed by atoms with van der Waals surface area (Å²) in [6.45, 7) is -0.123. The predicted octanol–water partition coefficient (Wildman–Crippen LogP) is 7.76. The monoisotopic (exact) mass is 688 g/mol. The highest BCUT2D eigenvalue weighted by Crippen LogP contribution is 2.39. The minimum atomic E-state index is -4.27. The van der Waals surface area contributed by atoms with Crippen LogP contribution in [0.15, 0.2) is 120 Å². The maximum Gasteiger partial charge on any atom is 0.266 e. The molecule has 0 aliphatic rings. The van der Waals surface area contributed by atoms with Crippen molar-refractivity contribution in [2.45, 2.75) is 11.4 Å². The van der Waals surface area contributed by atoms with Gasteiger partial charge in [-0.2, -0.15) is 9.64 Å². The van der Waals surface area contributed by atoms with Crippen molar-refractivity contribution >= 4 is 33.0 Å². The van der Waals surface area contributed by atoms with E-state index in [1.165, 1.54) is 38.7 Å². The molecule has 0 saturated carbocycles. The van der Waals surface area contributed by atoms with Crippen LogP contribution in [-0.4, -0.2) is 38.3 Å². The van der Waals surface area contributed by atoms with Crippen LogP contribution in [0, 0.1) is 11.3 Å². The van der Waals surface area contributed by atoms with Gasteiger partial charge in [-0.1, -0.05) is 54.6 Å². The van der Waals surface area contributed by atoms with Crippen molar-refractivity contribution in [2.75, 3.05) is 18.5 Å². The maximum atomic E-state index is 14.2. The van der Waals surface area contributed by atoms with Crippen LogP contribution in [0.5, 0.6) is 23.0 Å². The summed E-state index contributed by atoms with van der Waals surface area (Å²) in [6, 6.07) is 33.8. The molecule has 0 aliphatic carbocycles. The molecule has 0 aliphatic heterocycles. The molecule has 0 atom stereocenters. The van der Waals surface area contributed by atoms with E-state index < -0.39 is 10.0 Å². The van der Waals surface area contributed by atoms with Crippen molar-refractivity contribution in [1.82, 2.24) is 9.36 Å². The summed E-state index contributed by atoms with van der Waals surface area (Å²) in [5, 5.41) is 10.3. The summed E-state index contributed by atoms with van der Waals surface area (Å²) in [5.41, 5.74) is 4.38. The Morgan fingerprint density at radius 3 is 2.33 bits per heavy atom. The molecule has 1 aromatic heterocycles. The average molecular weight is 689 g/mol. The van der Waals surface area contributed by atoms with Crippen molar-refractivity contribution < 1.29 is 27.4 Å². The van der Waals surface area contributed by atoms with Crippen molar-refractivity contribution in [3.8, 4) is 51.3 Å². The Bertz CT molecular complexity index is 2270. The lowest BCUT2D eigenvalue weighted by molar-refractivity contribution is 0.112. The summed E-state index contributed by atoms with van der Waals surface area (Å²) in [4.78, 5) is 15.6. The normalized spacial score (nSPS) is 11.0. The number of ether oxygens (including phenoxy) is 3. The van der Waals surface area contributed by atoms with Crippen LogP contribution in [-0.2, 0) is 16.6 Å². The first-order chi connectivity index (χ1) is 23.8. The molecule has 244 valence electrons. The second-order valence-electron chi connectivity index (χ2n) is 10.6. The van der Waals surface area contributed by atoms with E-state index in [0.717, 1.165) is 38.8 Å². The Morgan fingerprint density at radius 1 is 0.816 bits per heavy atom. The molecule has 6 rings (SSSR count). The summed E-state index contributed by atoms with van der Waals surface area (Å²) < 4.78 is 50.6. The molecular weight excluding hydrogens is 661 g/mol. The number of carbonyl (C=O) groups excluding carboxylic acids is 1. The average Bonchev–Trinajstić information content (AvgIpc) is 3.69. The first-order valence-corrected chi connectivity index (χ1v) is 17.0. The third-order valence-corrected chi connectivity index (χ3v) is 10.2. The molecule has 0 unspecified atom stereocenters. The molecule has 0 fully saturated rings. The number of methoxy groups -OCH3 is 2. The SMILES string of the molecule is COc1ccc(CN(c2ncns2)S(=O)(=O)c2ccc(Oc3ccc(-c4ccccc4)cc3-c3cccc(C=O)c3)c(C#N)c2)c(OC)c1. The number of aromatic nitrogens is 2. The predicted molar refractivity (Wildman–Crippen MR) is 187 cm³/mol. The first kappa shape index (κ1) is 32.9. The molecule has 6 aromatic rings. The number of hydrogen-bond acceptors (Lipinski definition) is 10. The molecule has 12 heteroatoms. The number of hydrogen-bond donors (Lipinski definition) is 0. The fourth-order valence-electron chi connectivity index (χ4n) is 5.20. The van der Waals surface area contributed by atoms with Gasteiger partial charge in [-0.15, -0.1) is 0 Å². The van der Waals surface area contributed by atoms with Gasteiger partial charge in [0.05, 0.1) is 31.2 Å². The van der Waals surface area contributed by atoms with E-state index in [1.54, 1.807) is 42.5 Å². The highest BCUT2D eigenvalue weighted by molar-refractivity contribution is 7.93. The zero-order valence-corrected chi connectivity index (χ0v) is 27.9. The Hall–Kier alpha value is -6.03. The summed E-state index contributed by atoms with van der Waals surface area (Å²) >= 11 is 0.918. The van der Waals surface area contributed by atoms with Crippen LogP contribution in [0.25, 0.3) is 22.3 Å². The molecular formula is C37H28N4O6S2. The van der Waals surface area contributed by atoms with Gasteiger partial charge in [0.25, 0.3) is 10.0 Å². The van der Waals surface area contributed by atoms with E-state index >= 15 is 0 Å². The van der Waals surface area contributed by atoms with Gasteiger partial charge in [0.15, 0.2) is 0 Å². The zero-order valence-electron chi connectivity index (χ0n) is 26.3. The zero-order chi connectivity index (χ0) is 34.4. The molecule has 0 amide bonds. The molecule has 0 N–H and O–H groups in total. The highest BCUT2D eigenvalue weighted by atomic mass is 32.2. The lowest BCUT2D eigenvalue weighted by atomic mass is 9.97. The van der Waals surface area contributed by atoms with Crippen LogP contribution in [0.4, 0.5) is 5.13 Å². The van der Waals surface area contributed by atoms with Gasteiger partial charge in [0, 0.05) is 34.3 Å². The van der Waals surface area contributed by atoms with Crippen molar-refractivity contribution in [1.29, 1.82) is 5.26 Å². The highest BCUT2D eigenvalue weighted by Gasteiger charge is 2.30. The number of aldehydes is 1. The van der Waals surface area contributed by atoms with E-state index in [0.29, 0.717) is 33.9 Å². The number of nitriles is 1. The van der Waals surface area contributed by atoms with Gasteiger partial charge in [0.1, 0.15) is 41.7 Å². The molecule has 0 saturated heterocycles. The molecule has 10 nitrogen and oxygen atoms in total. The second kappa shape index (κ2) is 14.4. The second-order valence-corrected chi connectivity index (χ2v) is 13.2. The van der Waals surface area contributed by atoms with Crippen molar-refractivity contribution in [3.05, 3.63) is 132 Å². The molecule has 0 spiro atoms. The van der Waals surface area contributed by atoms with Crippen molar-refractivity contribution in [2.24, 2.45) is 0 Å². The number of rotatable bonds is 12. The van der Waals surface area contributed by atoms with Crippen LogP contribution in [0.3, 0.4) is 0 Å². The van der Waals surface area contributed by atoms with E-state index in [4.69, 9.17) is 14.2 Å². The van der Waals surface area contributed by atoms with Gasteiger partial charge in [-0.05, 0) is 65.2 Å². The minimum Gasteiger partial charge on any atom is -0.497 e. The van der Waals surface area contributed by atoms with Gasteiger partial charge in [-0.3, -0.25) is 4.79 Å². The lowest BCUT2D eigenvalue weighted by Gasteiger charge is -2.23. The van der Waals surface area contributed by atoms with E-state index in [2.05, 4.69) is 15.4 Å². The summed E-state index contributed by atoms with van der Waals surface area (Å²) in [6.07, 6.45) is 2.05. The topological polar surface area (TPSA) is 132 Å². The number of sulfonamides is 1. The summed E-state index contributed by atoms with van der Waals surface area (Å²) in [5.74, 6) is 1.55. The molecule has 0 bridgehead atoms. The smallest absolute Gasteiger partial charge is 0.266 e. The van der Waals surface area contributed by atoms with E-state index in [-0.39, 0.29) is 27.9 Å². The standard InChI is InChI=1S/C37H28N4O6S2/c1-45-31-13-11-29(36(20-31)46-2)22-41(37-39-24-40-48-37)49(43,44)32-14-16-34(30(18-32)21-38)47-35-15-12-27(26-8-4-3-5-9-26)19-33(35)28-10-6-7-25(17-28)23-42/h3-20,23-24H,22H2,1-2H3. The Balaban J connectivity index is 1.38. The quantitative estimate of drug-likeness (QED) is 0.118. The van der Waals surface area contributed by atoms with Crippen LogP contribution in [0.1, 0.15) is 21.5 Å². The van der Waals surface area contributed by atoms with Gasteiger partial charge in [-0.25, -0.2) is 17.7 Å². The number of benzene rings is 5. The van der Waals surface area contributed by atoms with Crippen LogP contribution < -0.4 is 18.5 Å². The summed E-state index contributed by atoms with van der Waals surface area (Å²) in [7, 11) is -1.25. The minimum absolute atomic E-state index is 0.0000416. The largest absolute Gasteiger partial charge is 0.497 e. The van der Waals surface area contributed by atoms with E-state index in [9.17, 15) is 18.5 Å². The third kappa shape index (κ3) is 6.99. The third-order valence-electron chi connectivity index (χ3n) is 7.67. The Kier molecular flexibility index (Phi) is 9.66. The number of nitrogens with zero attached hydrogens (tertiary/aromatic N) is 4.